The standard InChI is InChI=1S/C13H19ClN2.C7H6F2.C6H12/c1-5-6-7-10(3)15-12-8-9(2)13(14)16-11(12)4;1-5-2-6(8)4-7(9)3-5;1-4-5-6(2)3/h8H,5-7H2,1-4H3;2-4H,1H3;2,4-5H2,1,3H3. The summed E-state index contributed by atoms with van der Waals surface area (Å²) in [4.78, 5) is 8.86. The van der Waals surface area contributed by atoms with Crippen molar-refractivity contribution >= 4 is 23.0 Å². The van der Waals surface area contributed by atoms with Gasteiger partial charge in [-0.1, -0.05) is 43.9 Å². The fraction of sp³-hybridized carbons (Fsp3) is 0.462. The Labute approximate surface area is 192 Å². The second-order valence-electron chi connectivity index (χ2n) is 7.81. The van der Waals surface area contributed by atoms with Crippen molar-refractivity contribution in [3.63, 3.8) is 0 Å². The summed E-state index contributed by atoms with van der Waals surface area (Å²) in [7, 11) is 0. The van der Waals surface area contributed by atoms with Crippen LogP contribution < -0.4 is 0 Å². The van der Waals surface area contributed by atoms with Gasteiger partial charge in [-0.05, 0) is 83.2 Å². The van der Waals surface area contributed by atoms with Crippen molar-refractivity contribution in [3.05, 3.63) is 70.0 Å². The number of unbranched alkanes of at least 4 members (excludes halogenated alkanes) is 1. The average Bonchev–Trinajstić information content (AvgIpc) is 2.64. The molecule has 0 atom stereocenters. The molecule has 1 heterocycles. The number of hydrogen-bond donors (Lipinski definition) is 0. The fourth-order valence-electron chi connectivity index (χ4n) is 2.59. The SMILES string of the molecule is C=C(C)CCC.CCCCC(C)=Nc1cc(C)c(Cl)nc1C.Cc1cc(F)cc(F)c1. The molecule has 0 radical (unpaired) electrons. The predicted molar refractivity (Wildman–Crippen MR) is 132 cm³/mol. The van der Waals surface area contributed by atoms with Gasteiger partial charge in [-0.15, -0.1) is 6.58 Å². The molecule has 5 heteroatoms. The van der Waals surface area contributed by atoms with Crippen LogP contribution in [0, 0.1) is 32.4 Å². The maximum atomic E-state index is 12.2. The third-order valence-corrected chi connectivity index (χ3v) is 4.58. The summed E-state index contributed by atoms with van der Waals surface area (Å²) in [5, 5.41) is 0.572. The van der Waals surface area contributed by atoms with Crippen LogP contribution in [0.1, 0.15) is 76.6 Å². The number of allylic oxidation sites excluding steroid dienone is 1. The van der Waals surface area contributed by atoms with Crippen molar-refractivity contribution in [2.24, 2.45) is 4.99 Å². The van der Waals surface area contributed by atoms with E-state index in [9.17, 15) is 8.78 Å². The Hall–Kier alpha value is -2.07. The molecule has 0 spiro atoms. The molecule has 0 N–H and O–H groups in total. The van der Waals surface area contributed by atoms with Gasteiger partial charge >= 0.3 is 0 Å². The molecule has 2 rings (SSSR count). The molecule has 0 saturated carbocycles. The van der Waals surface area contributed by atoms with Gasteiger partial charge in [0.05, 0.1) is 11.4 Å². The zero-order valence-corrected chi connectivity index (χ0v) is 20.8. The van der Waals surface area contributed by atoms with Gasteiger partial charge in [0.15, 0.2) is 0 Å². The number of aromatic nitrogens is 1. The van der Waals surface area contributed by atoms with E-state index in [0.717, 1.165) is 35.1 Å². The zero-order chi connectivity index (χ0) is 24.0. The van der Waals surface area contributed by atoms with Crippen LogP contribution in [0.2, 0.25) is 5.15 Å². The number of benzene rings is 1. The molecule has 31 heavy (non-hydrogen) atoms. The summed E-state index contributed by atoms with van der Waals surface area (Å²) < 4.78 is 24.4. The lowest BCUT2D eigenvalue weighted by molar-refractivity contribution is 0.581. The maximum Gasteiger partial charge on any atom is 0.132 e. The minimum Gasteiger partial charge on any atom is -0.256 e. The van der Waals surface area contributed by atoms with Crippen LogP contribution in [0.25, 0.3) is 0 Å². The molecule has 2 aromatic rings. The molecular weight excluding hydrogens is 414 g/mol. The first-order valence-electron chi connectivity index (χ1n) is 10.7. The molecule has 0 fully saturated rings. The molecule has 0 aliphatic heterocycles. The first-order chi connectivity index (χ1) is 14.5. The summed E-state index contributed by atoms with van der Waals surface area (Å²) in [6.45, 7) is 17.8. The molecule has 0 aliphatic rings. The Balaban J connectivity index is 0.000000503. The minimum atomic E-state index is -0.521. The van der Waals surface area contributed by atoms with E-state index >= 15 is 0 Å². The van der Waals surface area contributed by atoms with Gasteiger partial charge in [-0.25, -0.2) is 13.8 Å². The number of aryl methyl sites for hydroxylation is 3. The maximum absolute atomic E-state index is 12.2. The number of nitrogens with zero attached hydrogens (tertiary/aromatic N) is 2. The van der Waals surface area contributed by atoms with Gasteiger partial charge in [0.1, 0.15) is 16.8 Å². The topological polar surface area (TPSA) is 25.2 Å². The normalized spacial score (nSPS) is 10.6. The van der Waals surface area contributed by atoms with E-state index in [-0.39, 0.29) is 0 Å². The first kappa shape index (κ1) is 28.9. The molecule has 1 aromatic heterocycles. The highest BCUT2D eigenvalue weighted by Crippen LogP contribution is 2.23. The van der Waals surface area contributed by atoms with Crippen molar-refractivity contribution < 1.29 is 8.78 Å². The van der Waals surface area contributed by atoms with Crippen molar-refractivity contribution in [2.75, 3.05) is 0 Å². The predicted octanol–water partition coefficient (Wildman–Crippen LogP) is 9.27. The molecule has 0 saturated heterocycles. The summed E-state index contributed by atoms with van der Waals surface area (Å²) in [5.74, 6) is -1.04. The molecular formula is C26H37ClF2N2. The van der Waals surface area contributed by atoms with Crippen LogP contribution in [0.4, 0.5) is 14.5 Å². The lowest BCUT2D eigenvalue weighted by Gasteiger charge is -2.05. The van der Waals surface area contributed by atoms with Crippen LogP contribution in [0.5, 0.6) is 0 Å². The first-order valence-corrected chi connectivity index (χ1v) is 11.1. The van der Waals surface area contributed by atoms with Gasteiger partial charge < -0.3 is 0 Å². The smallest absolute Gasteiger partial charge is 0.132 e. The largest absolute Gasteiger partial charge is 0.256 e. The quantitative estimate of drug-likeness (QED) is 0.244. The second-order valence-corrected chi connectivity index (χ2v) is 8.16. The van der Waals surface area contributed by atoms with Gasteiger partial charge in [0, 0.05) is 11.8 Å². The summed E-state index contributed by atoms with van der Waals surface area (Å²) in [5.41, 5.74) is 5.87. The van der Waals surface area contributed by atoms with Crippen LogP contribution in [-0.4, -0.2) is 10.7 Å². The number of pyridine rings is 1. The van der Waals surface area contributed by atoms with Crippen LogP contribution in [0.3, 0.4) is 0 Å². The summed E-state index contributed by atoms with van der Waals surface area (Å²) in [6, 6.07) is 5.42. The van der Waals surface area contributed by atoms with E-state index in [4.69, 9.17) is 11.6 Å². The number of hydrogen-bond acceptors (Lipinski definition) is 2. The lowest BCUT2D eigenvalue weighted by Crippen LogP contribution is -1.92. The Morgan fingerprint density at radius 1 is 0.968 bits per heavy atom. The van der Waals surface area contributed by atoms with E-state index < -0.39 is 11.6 Å². The van der Waals surface area contributed by atoms with Gasteiger partial charge in [0.2, 0.25) is 0 Å². The minimum absolute atomic E-state index is 0.521. The number of rotatable bonds is 6. The lowest BCUT2D eigenvalue weighted by atomic mass is 10.2. The molecule has 1 aromatic carbocycles. The van der Waals surface area contributed by atoms with E-state index in [2.05, 4.69) is 44.3 Å². The van der Waals surface area contributed by atoms with Gasteiger partial charge in [-0.2, -0.15) is 0 Å². The van der Waals surface area contributed by atoms with Gasteiger partial charge in [0.25, 0.3) is 0 Å². The monoisotopic (exact) mass is 450 g/mol. The average molecular weight is 451 g/mol. The van der Waals surface area contributed by atoms with Crippen LogP contribution >= 0.6 is 11.6 Å². The molecule has 0 aliphatic carbocycles. The summed E-state index contributed by atoms with van der Waals surface area (Å²) >= 11 is 5.95. The van der Waals surface area contributed by atoms with Crippen molar-refractivity contribution in [1.29, 1.82) is 0 Å². The Bertz CT molecular complexity index is 810. The Morgan fingerprint density at radius 3 is 1.97 bits per heavy atom. The highest BCUT2D eigenvalue weighted by Gasteiger charge is 2.04. The zero-order valence-electron chi connectivity index (χ0n) is 20.1. The van der Waals surface area contributed by atoms with E-state index in [0.29, 0.717) is 10.7 Å². The molecule has 0 unspecified atom stereocenters. The second kappa shape index (κ2) is 15.7. The third-order valence-electron chi connectivity index (χ3n) is 4.20. The Kier molecular flexibility index (Phi) is 14.6. The highest BCUT2D eigenvalue weighted by molar-refractivity contribution is 6.30. The van der Waals surface area contributed by atoms with Crippen molar-refractivity contribution in [2.45, 2.75) is 80.6 Å². The molecule has 172 valence electrons. The summed E-state index contributed by atoms with van der Waals surface area (Å²) in [6.07, 6.45) is 5.85. The highest BCUT2D eigenvalue weighted by atomic mass is 35.5. The van der Waals surface area contributed by atoms with Crippen LogP contribution in [0.15, 0.2) is 41.4 Å². The molecule has 2 nitrogen and oxygen atoms in total. The van der Waals surface area contributed by atoms with Crippen molar-refractivity contribution in [3.8, 4) is 0 Å². The third kappa shape index (κ3) is 13.8. The number of aliphatic imine (C=N–C) groups is 1. The van der Waals surface area contributed by atoms with E-state index in [1.165, 1.54) is 43.4 Å². The number of halogens is 3. The molecule has 0 bridgehead atoms. The van der Waals surface area contributed by atoms with E-state index in [1.54, 1.807) is 6.92 Å². The molecule has 0 amide bonds. The van der Waals surface area contributed by atoms with Crippen molar-refractivity contribution in [1.82, 2.24) is 4.98 Å². The Morgan fingerprint density at radius 2 is 1.55 bits per heavy atom. The van der Waals surface area contributed by atoms with E-state index in [1.807, 2.05) is 19.9 Å². The fourth-order valence-corrected chi connectivity index (χ4v) is 2.77. The van der Waals surface area contributed by atoms with Gasteiger partial charge in [-0.3, -0.25) is 4.99 Å². The van der Waals surface area contributed by atoms with Crippen LogP contribution in [-0.2, 0) is 0 Å².